The minimum atomic E-state index is -1.11. The van der Waals surface area contributed by atoms with E-state index in [4.69, 9.17) is 0 Å². The number of amides is 1. The van der Waals surface area contributed by atoms with Crippen LogP contribution in [0.5, 0.6) is 0 Å². The SMILES string of the molecule is CC/C=C\C/C=C\CCCCCCCCCCCCCCCC(O)C(=O)NC(CO)C(O)/C=C/CC/C=C/CC/C=C/CCCCCCCCCCCCCCC. The maximum atomic E-state index is 12.5. The van der Waals surface area contributed by atoms with E-state index in [1.807, 2.05) is 6.08 Å². The van der Waals surface area contributed by atoms with Crippen LogP contribution in [0.2, 0.25) is 0 Å². The Bertz CT molecular complexity index is 969. The highest BCUT2D eigenvalue weighted by Gasteiger charge is 2.22. The molecule has 1 amide bonds. The third-order valence-corrected chi connectivity index (χ3v) is 11.1. The van der Waals surface area contributed by atoms with Crippen LogP contribution in [0.15, 0.2) is 60.8 Å². The summed E-state index contributed by atoms with van der Waals surface area (Å²) in [6, 6.07) is -0.823. The van der Waals surface area contributed by atoms with Gasteiger partial charge in [0.25, 0.3) is 0 Å². The molecule has 0 aliphatic carbocycles. The highest BCUT2D eigenvalue weighted by atomic mass is 16.3. The second-order valence-corrected chi connectivity index (χ2v) is 16.6. The molecule has 0 heterocycles. The van der Waals surface area contributed by atoms with Gasteiger partial charge in [0.1, 0.15) is 6.10 Å². The molecule has 0 rings (SSSR count). The second kappa shape index (κ2) is 46.7. The minimum Gasteiger partial charge on any atom is -0.394 e. The summed E-state index contributed by atoms with van der Waals surface area (Å²) in [7, 11) is 0. The molecule has 0 aromatic carbocycles. The van der Waals surface area contributed by atoms with Gasteiger partial charge in [0.15, 0.2) is 0 Å². The van der Waals surface area contributed by atoms with Gasteiger partial charge >= 0.3 is 0 Å². The molecule has 0 spiro atoms. The van der Waals surface area contributed by atoms with Crippen LogP contribution in [0, 0.1) is 0 Å². The molecule has 0 aliphatic rings. The van der Waals surface area contributed by atoms with Gasteiger partial charge in [-0.05, 0) is 70.6 Å². The number of hydrogen-bond acceptors (Lipinski definition) is 4. The number of allylic oxidation sites excluding steroid dienone is 9. The normalized spacial score (nSPS) is 14.0. The van der Waals surface area contributed by atoms with E-state index in [0.717, 1.165) is 57.8 Å². The molecule has 0 saturated heterocycles. The number of carbonyl (C=O) groups excluding carboxylic acids is 1. The Morgan fingerprint density at radius 3 is 1.26 bits per heavy atom. The monoisotopic (exact) mass is 798 g/mol. The Labute approximate surface area is 354 Å². The molecule has 3 atom stereocenters. The average Bonchev–Trinajstić information content (AvgIpc) is 3.22. The number of carbonyl (C=O) groups is 1. The zero-order valence-electron chi connectivity index (χ0n) is 37.7. The standard InChI is InChI=1S/C52H95NO4/c1-3-5-7-9-11-13-15-17-19-21-23-25-26-27-29-30-32-34-36-38-40-42-44-46-50(55)49(48-54)53-52(57)51(56)47-45-43-41-39-37-35-33-31-28-24-22-20-18-16-14-12-10-8-6-4-2/h6,8,12,14,29-30,36,38,44,46,49-51,54-56H,3-5,7,9-11,13,15-28,31-35,37,39-43,45,47-48H2,1-2H3,(H,53,57)/b8-6-,14-12-,30-29+,38-36+,46-44+. The van der Waals surface area contributed by atoms with Crippen molar-refractivity contribution in [2.24, 2.45) is 0 Å². The summed E-state index contributed by atoms with van der Waals surface area (Å²) >= 11 is 0. The number of nitrogens with one attached hydrogen (secondary N) is 1. The summed E-state index contributed by atoms with van der Waals surface area (Å²) in [5, 5.41) is 33.2. The van der Waals surface area contributed by atoms with E-state index in [1.54, 1.807) is 6.08 Å². The number of unbranched alkanes of at least 4 members (excludes halogenated alkanes) is 28. The first-order valence-electron chi connectivity index (χ1n) is 24.6. The Kier molecular flexibility index (Phi) is 45.1. The lowest BCUT2D eigenvalue weighted by Gasteiger charge is -2.21. The molecule has 5 heteroatoms. The summed E-state index contributed by atoms with van der Waals surface area (Å²) in [4.78, 5) is 12.5. The van der Waals surface area contributed by atoms with Crippen molar-refractivity contribution in [3.63, 3.8) is 0 Å². The molecule has 0 radical (unpaired) electrons. The molecule has 3 unspecified atom stereocenters. The van der Waals surface area contributed by atoms with Gasteiger partial charge in [-0.15, -0.1) is 0 Å². The van der Waals surface area contributed by atoms with Crippen LogP contribution < -0.4 is 5.32 Å². The predicted molar refractivity (Wildman–Crippen MR) is 250 cm³/mol. The van der Waals surface area contributed by atoms with Gasteiger partial charge in [0.05, 0.1) is 18.8 Å². The number of aliphatic hydroxyl groups is 3. The van der Waals surface area contributed by atoms with Crippen molar-refractivity contribution in [1.82, 2.24) is 5.32 Å². The predicted octanol–water partition coefficient (Wildman–Crippen LogP) is 14.7. The quantitative estimate of drug-likeness (QED) is 0.0365. The molecule has 0 aliphatic heterocycles. The van der Waals surface area contributed by atoms with Crippen LogP contribution in [0.1, 0.15) is 239 Å². The van der Waals surface area contributed by atoms with E-state index in [2.05, 4.69) is 67.8 Å². The molecule has 4 N–H and O–H groups in total. The van der Waals surface area contributed by atoms with Gasteiger partial charge in [-0.25, -0.2) is 0 Å². The lowest BCUT2D eigenvalue weighted by atomic mass is 10.0. The Hall–Kier alpha value is -1.95. The summed E-state index contributed by atoms with van der Waals surface area (Å²) < 4.78 is 0. The fourth-order valence-electron chi connectivity index (χ4n) is 7.26. The molecule has 0 bridgehead atoms. The van der Waals surface area contributed by atoms with Crippen LogP contribution in [-0.4, -0.2) is 46.1 Å². The minimum absolute atomic E-state index is 0.383. The van der Waals surface area contributed by atoms with Crippen molar-refractivity contribution in [2.75, 3.05) is 6.61 Å². The number of hydrogen-bond donors (Lipinski definition) is 4. The van der Waals surface area contributed by atoms with Gasteiger partial charge in [-0.1, -0.05) is 229 Å². The Balaban J connectivity index is 3.70. The first-order chi connectivity index (χ1) is 28.1. The van der Waals surface area contributed by atoms with E-state index in [9.17, 15) is 20.1 Å². The zero-order chi connectivity index (χ0) is 41.5. The third-order valence-electron chi connectivity index (χ3n) is 11.1. The second-order valence-electron chi connectivity index (χ2n) is 16.6. The van der Waals surface area contributed by atoms with E-state index in [-0.39, 0.29) is 6.61 Å². The fourth-order valence-corrected chi connectivity index (χ4v) is 7.26. The maximum Gasteiger partial charge on any atom is 0.249 e. The molecule has 0 saturated carbocycles. The van der Waals surface area contributed by atoms with Gasteiger partial charge in [-0.2, -0.15) is 0 Å². The summed E-state index contributed by atoms with van der Waals surface area (Å²) in [5.41, 5.74) is 0. The molecule has 57 heavy (non-hydrogen) atoms. The molecule has 0 aromatic heterocycles. The molecule has 0 aromatic rings. The summed E-state index contributed by atoms with van der Waals surface area (Å²) in [6.45, 7) is 4.07. The molecule has 0 fully saturated rings. The van der Waals surface area contributed by atoms with Crippen molar-refractivity contribution in [3.05, 3.63) is 60.8 Å². The van der Waals surface area contributed by atoms with Crippen molar-refractivity contribution in [2.45, 2.75) is 257 Å². The third kappa shape index (κ3) is 42.0. The van der Waals surface area contributed by atoms with Crippen molar-refractivity contribution < 1.29 is 20.1 Å². The van der Waals surface area contributed by atoms with E-state index in [0.29, 0.717) is 6.42 Å². The average molecular weight is 798 g/mol. The van der Waals surface area contributed by atoms with Crippen molar-refractivity contribution in [3.8, 4) is 0 Å². The summed E-state index contributed by atoms with van der Waals surface area (Å²) in [6.07, 6.45) is 62.7. The first-order valence-corrected chi connectivity index (χ1v) is 24.6. The maximum absolute atomic E-state index is 12.5. The molecular weight excluding hydrogens is 703 g/mol. The van der Waals surface area contributed by atoms with Crippen molar-refractivity contribution in [1.29, 1.82) is 0 Å². The lowest BCUT2D eigenvalue weighted by molar-refractivity contribution is -0.131. The number of rotatable bonds is 44. The molecule has 332 valence electrons. The van der Waals surface area contributed by atoms with Crippen LogP contribution in [0.3, 0.4) is 0 Å². The lowest BCUT2D eigenvalue weighted by Crippen LogP contribution is -2.48. The number of aliphatic hydroxyl groups excluding tert-OH is 3. The zero-order valence-corrected chi connectivity index (χ0v) is 37.7. The largest absolute Gasteiger partial charge is 0.394 e. The topological polar surface area (TPSA) is 89.8 Å². The van der Waals surface area contributed by atoms with Gasteiger partial charge in [-0.3, -0.25) is 4.79 Å². The Morgan fingerprint density at radius 2 is 0.825 bits per heavy atom. The van der Waals surface area contributed by atoms with Crippen LogP contribution in [0.25, 0.3) is 0 Å². The highest BCUT2D eigenvalue weighted by molar-refractivity contribution is 5.80. The van der Waals surface area contributed by atoms with Gasteiger partial charge in [0, 0.05) is 0 Å². The van der Waals surface area contributed by atoms with Crippen LogP contribution >= 0.6 is 0 Å². The van der Waals surface area contributed by atoms with Crippen LogP contribution in [-0.2, 0) is 4.79 Å². The van der Waals surface area contributed by atoms with E-state index in [1.165, 1.54) is 161 Å². The fraction of sp³-hybridized carbons (Fsp3) is 0.788. The van der Waals surface area contributed by atoms with Gasteiger partial charge in [0.2, 0.25) is 5.91 Å². The Morgan fingerprint density at radius 1 is 0.456 bits per heavy atom. The highest BCUT2D eigenvalue weighted by Crippen LogP contribution is 2.15. The van der Waals surface area contributed by atoms with Crippen molar-refractivity contribution >= 4 is 5.91 Å². The summed E-state index contributed by atoms with van der Waals surface area (Å²) in [5.74, 6) is -0.518. The van der Waals surface area contributed by atoms with E-state index >= 15 is 0 Å². The first kappa shape index (κ1) is 55.0. The van der Waals surface area contributed by atoms with Crippen LogP contribution in [0.4, 0.5) is 0 Å². The molecular formula is C52H95NO4. The smallest absolute Gasteiger partial charge is 0.249 e. The molecule has 5 nitrogen and oxygen atoms in total. The van der Waals surface area contributed by atoms with Gasteiger partial charge < -0.3 is 20.6 Å². The van der Waals surface area contributed by atoms with E-state index < -0.39 is 24.2 Å².